The standard InChI is InChI=1S/C8H8N3O4S2/c12-16(13,10-5-1-2-6-10)9-17(14,15)11-7-3-4-8-11/h1-8H/q-1. The van der Waals surface area contributed by atoms with E-state index in [1.165, 1.54) is 49.1 Å². The van der Waals surface area contributed by atoms with Crippen molar-refractivity contribution < 1.29 is 16.8 Å². The molecule has 0 radical (unpaired) electrons. The molecule has 2 heterocycles. The topological polar surface area (TPSA) is 92.2 Å². The SMILES string of the molecule is O=S(=O)([N-]S(=O)(=O)n1cccc1)n1cccc1. The lowest BCUT2D eigenvalue weighted by Gasteiger charge is -2.21. The molecule has 92 valence electrons. The van der Waals surface area contributed by atoms with E-state index < -0.39 is 20.4 Å². The first-order valence-corrected chi connectivity index (χ1v) is 7.22. The molecule has 0 aliphatic rings. The molecule has 2 aromatic heterocycles. The Balaban J connectivity index is 2.35. The van der Waals surface area contributed by atoms with Crippen LogP contribution in [-0.4, -0.2) is 24.8 Å². The Morgan fingerprint density at radius 2 is 0.941 bits per heavy atom. The first-order chi connectivity index (χ1) is 7.92. The minimum absolute atomic E-state index is 0.716. The number of aromatic nitrogens is 2. The molecular weight excluding hydrogens is 266 g/mol. The van der Waals surface area contributed by atoms with Gasteiger partial charge in [0.15, 0.2) is 20.4 Å². The Morgan fingerprint density at radius 3 is 1.24 bits per heavy atom. The summed E-state index contributed by atoms with van der Waals surface area (Å²) in [5, 5.41) is 0. The lowest BCUT2D eigenvalue weighted by Crippen LogP contribution is -2.17. The van der Waals surface area contributed by atoms with Gasteiger partial charge >= 0.3 is 0 Å². The summed E-state index contributed by atoms with van der Waals surface area (Å²) in [6, 6.07) is 5.81. The summed E-state index contributed by atoms with van der Waals surface area (Å²) >= 11 is 0. The zero-order valence-corrected chi connectivity index (χ0v) is 10.0. The van der Waals surface area contributed by atoms with Crippen LogP contribution in [0.2, 0.25) is 0 Å². The molecule has 7 nitrogen and oxygen atoms in total. The Kier molecular flexibility index (Phi) is 2.81. The minimum atomic E-state index is -4.27. The fraction of sp³-hybridized carbons (Fsp3) is 0. The van der Waals surface area contributed by atoms with E-state index in [2.05, 4.69) is 4.13 Å². The Morgan fingerprint density at radius 1 is 0.647 bits per heavy atom. The van der Waals surface area contributed by atoms with Gasteiger partial charge in [-0.25, -0.2) is 16.8 Å². The van der Waals surface area contributed by atoms with Gasteiger partial charge in [-0.1, -0.05) is 0 Å². The van der Waals surface area contributed by atoms with Crippen LogP contribution in [0.25, 0.3) is 4.13 Å². The summed E-state index contributed by atoms with van der Waals surface area (Å²) in [6.45, 7) is 0. The average Bonchev–Trinajstić information content (AvgIpc) is 2.91. The Labute approximate surface area is 98.7 Å². The molecule has 0 spiro atoms. The van der Waals surface area contributed by atoms with Gasteiger partial charge in [0, 0.05) is 24.8 Å². The highest BCUT2D eigenvalue weighted by Crippen LogP contribution is 2.15. The monoisotopic (exact) mass is 274 g/mol. The van der Waals surface area contributed by atoms with E-state index in [0.717, 1.165) is 0 Å². The fourth-order valence-electron chi connectivity index (χ4n) is 1.14. The Hall–Kier alpha value is -1.58. The van der Waals surface area contributed by atoms with Gasteiger partial charge in [0.1, 0.15) is 0 Å². The highest BCUT2D eigenvalue weighted by molar-refractivity contribution is 8.10. The van der Waals surface area contributed by atoms with Crippen molar-refractivity contribution in [3.8, 4) is 0 Å². The zero-order chi connectivity index (χ0) is 12.5. The molecule has 0 aliphatic carbocycles. The van der Waals surface area contributed by atoms with Gasteiger partial charge in [0.05, 0.1) is 0 Å². The lowest BCUT2D eigenvalue weighted by atomic mass is 10.7. The number of nitrogens with zero attached hydrogens (tertiary/aromatic N) is 3. The molecule has 9 heteroatoms. The van der Waals surface area contributed by atoms with Crippen molar-refractivity contribution in [3.63, 3.8) is 0 Å². The molecule has 0 unspecified atom stereocenters. The van der Waals surface area contributed by atoms with E-state index >= 15 is 0 Å². The molecule has 0 saturated carbocycles. The van der Waals surface area contributed by atoms with Crippen molar-refractivity contribution in [1.82, 2.24) is 7.94 Å². The lowest BCUT2D eigenvalue weighted by molar-refractivity contribution is 0.587. The van der Waals surface area contributed by atoms with Crippen LogP contribution in [0.15, 0.2) is 49.1 Å². The predicted molar refractivity (Wildman–Crippen MR) is 60.9 cm³/mol. The molecule has 17 heavy (non-hydrogen) atoms. The van der Waals surface area contributed by atoms with Gasteiger partial charge in [0.2, 0.25) is 0 Å². The van der Waals surface area contributed by atoms with Crippen LogP contribution in [-0.2, 0) is 20.4 Å². The van der Waals surface area contributed by atoms with Crippen LogP contribution in [0.1, 0.15) is 0 Å². The third-order valence-electron chi connectivity index (χ3n) is 1.88. The van der Waals surface area contributed by atoms with Crippen molar-refractivity contribution in [3.05, 3.63) is 53.2 Å². The van der Waals surface area contributed by atoms with Crippen molar-refractivity contribution >= 4 is 20.4 Å². The number of hydrogen-bond acceptors (Lipinski definition) is 4. The summed E-state index contributed by atoms with van der Waals surface area (Å²) < 4.78 is 50.8. The van der Waals surface area contributed by atoms with Crippen LogP contribution in [0.3, 0.4) is 0 Å². The van der Waals surface area contributed by atoms with Gasteiger partial charge in [-0.2, -0.15) is 0 Å². The molecule has 0 saturated heterocycles. The third kappa shape index (κ3) is 2.40. The van der Waals surface area contributed by atoms with Gasteiger partial charge in [-0.05, 0) is 24.3 Å². The first-order valence-electron chi connectivity index (χ1n) is 4.43. The van der Waals surface area contributed by atoms with Gasteiger partial charge in [0.25, 0.3) is 0 Å². The molecule has 0 N–H and O–H groups in total. The second kappa shape index (κ2) is 4.02. The summed E-state index contributed by atoms with van der Waals surface area (Å²) in [6.07, 6.45) is 4.79. The second-order valence-corrected chi connectivity index (χ2v) is 6.29. The molecular formula is C8H8N3O4S2-. The maximum atomic E-state index is 11.6. The smallest absolute Gasteiger partial charge is 0.174 e. The molecule has 0 atom stereocenters. The number of hydrogen-bond donors (Lipinski definition) is 0. The summed E-state index contributed by atoms with van der Waals surface area (Å²) in [5.74, 6) is 0. The summed E-state index contributed by atoms with van der Waals surface area (Å²) in [7, 11) is -8.54. The maximum Gasteiger partial charge on any atom is 0.174 e. The molecule has 2 aromatic rings. The third-order valence-corrected chi connectivity index (χ3v) is 4.93. The minimum Gasteiger partial charge on any atom is -0.398 e. The highest BCUT2D eigenvalue weighted by Gasteiger charge is 2.09. The maximum absolute atomic E-state index is 11.6. The normalized spacial score (nSPS) is 12.7. The quantitative estimate of drug-likeness (QED) is 0.813. The average molecular weight is 274 g/mol. The molecule has 0 fully saturated rings. The van der Waals surface area contributed by atoms with Crippen LogP contribution >= 0.6 is 0 Å². The summed E-state index contributed by atoms with van der Waals surface area (Å²) in [5.41, 5.74) is 0. The van der Waals surface area contributed by atoms with E-state index in [1.807, 2.05) is 0 Å². The second-order valence-electron chi connectivity index (χ2n) is 3.06. The van der Waals surface area contributed by atoms with Crippen LogP contribution in [0.5, 0.6) is 0 Å². The van der Waals surface area contributed by atoms with Crippen molar-refractivity contribution in [2.45, 2.75) is 0 Å². The summed E-state index contributed by atoms with van der Waals surface area (Å²) in [4.78, 5) is 0. The molecule has 2 rings (SSSR count). The van der Waals surface area contributed by atoms with Gasteiger partial charge in [-0.3, -0.25) is 7.94 Å². The van der Waals surface area contributed by atoms with Gasteiger partial charge < -0.3 is 4.13 Å². The first kappa shape index (κ1) is 11.9. The van der Waals surface area contributed by atoms with E-state index in [0.29, 0.717) is 7.94 Å². The number of rotatable bonds is 4. The zero-order valence-electron chi connectivity index (χ0n) is 8.41. The van der Waals surface area contributed by atoms with E-state index in [9.17, 15) is 16.8 Å². The highest BCUT2D eigenvalue weighted by atomic mass is 32.3. The van der Waals surface area contributed by atoms with Crippen LogP contribution < -0.4 is 0 Å². The fourth-order valence-corrected chi connectivity index (χ4v) is 3.61. The molecule has 0 aliphatic heterocycles. The van der Waals surface area contributed by atoms with E-state index in [4.69, 9.17) is 0 Å². The van der Waals surface area contributed by atoms with E-state index in [-0.39, 0.29) is 0 Å². The predicted octanol–water partition coefficient (Wildman–Crippen LogP) is 0.549. The van der Waals surface area contributed by atoms with Crippen molar-refractivity contribution in [1.29, 1.82) is 0 Å². The van der Waals surface area contributed by atoms with Gasteiger partial charge in [-0.15, -0.1) is 0 Å². The van der Waals surface area contributed by atoms with Crippen molar-refractivity contribution in [2.24, 2.45) is 0 Å². The molecule has 0 aromatic carbocycles. The largest absolute Gasteiger partial charge is 0.398 e. The van der Waals surface area contributed by atoms with Crippen molar-refractivity contribution in [2.75, 3.05) is 0 Å². The van der Waals surface area contributed by atoms with E-state index in [1.54, 1.807) is 0 Å². The Bertz CT molecular complexity index is 622. The molecule has 0 bridgehead atoms. The molecule has 0 amide bonds. The van der Waals surface area contributed by atoms with Crippen LogP contribution in [0.4, 0.5) is 0 Å². The van der Waals surface area contributed by atoms with Crippen LogP contribution in [0, 0.1) is 0 Å².